The van der Waals surface area contributed by atoms with E-state index in [4.69, 9.17) is 4.74 Å². The van der Waals surface area contributed by atoms with Crippen LogP contribution in [0.25, 0.3) is 6.08 Å². The molecule has 0 spiro atoms. The van der Waals surface area contributed by atoms with Crippen LogP contribution in [-0.2, 0) is 16.1 Å². The van der Waals surface area contributed by atoms with Crippen molar-refractivity contribution in [1.29, 1.82) is 0 Å². The number of benzene rings is 2. The number of amides is 2. The highest BCUT2D eigenvalue weighted by Gasteiger charge is 2.22. The molecule has 1 saturated carbocycles. The van der Waals surface area contributed by atoms with Gasteiger partial charge < -0.3 is 15.4 Å². The quantitative estimate of drug-likeness (QED) is 0.648. The Morgan fingerprint density at radius 1 is 1.10 bits per heavy atom. The van der Waals surface area contributed by atoms with E-state index in [2.05, 4.69) is 10.6 Å². The minimum absolute atomic E-state index is 0.0991. The van der Waals surface area contributed by atoms with E-state index in [1.165, 1.54) is 6.08 Å². The van der Waals surface area contributed by atoms with E-state index in [0.717, 1.165) is 48.2 Å². The lowest BCUT2D eigenvalue weighted by molar-refractivity contribution is -0.119. The smallest absolute Gasteiger partial charge is 0.244 e. The van der Waals surface area contributed by atoms with Gasteiger partial charge in [-0.25, -0.2) is 0 Å². The summed E-state index contributed by atoms with van der Waals surface area (Å²) in [6.45, 7) is 2.97. The van der Waals surface area contributed by atoms with Crippen molar-refractivity contribution in [2.24, 2.45) is 5.92 Å². The third-order valence-electron chi connectivity index (χ3n) is 5.01. The summed E-state index contributed by atoms with van der Waals surface area (Å²) in [6.07, 6.45) is 7.50. The van der Waals surface area contributed by atoms with Crippen molar-refractivity contribution in [3.63, 3.8) is 0 Å². The highest BCUT2D eigenvalue weighted by Crippen LogP contribution is 2.26. The predicted molar refractivity (Wildman–Crippen MR) is 116 cm³/mol. The number of carbonyl (C=O) groups is 2. The van der Waals surface area contributed by atoms with Gasteiger partial charge in [0.1, 0.15) is 5.75 Å². The highest BCUT2D eigenvalue weighted by atomic mass is 16.5. The SMILES string of the molecule is CCOc1ccc(/C=C/C(=O)NCc2cccc(NC(=O)C3CCCC3)c2)cc1. The third-order valence-corrected chi connectivity index (χ3v) is 5.01. The summed E-state index contributed by atoms with van der Waals surface area (Å²) in [5, 5.41) is 5.87. The van der Waals surface area contributed by atoms with E-state index in [-0.39, 0.29) is 17.7 Å². The molecule has 0 aromatic heterocycles. The van der Waals surface area contributed by atoms with E-state index < -0.39 is 0 Å². The van der Waals surface area contributed by atoms with Gasteiger partial charge in [-0.1, -0.05) is 37.1 Å². The molecule has 1 aliphatic carbocycles. The van der Waals surface area contributed by atoms with Crippen LogP contribution in [-0.4, -0.2) is 18.4 Å². The topological polar surface area (TPSA) is 67.4 Å². The van der Waals surface area contributed by atoms with E-state index in [1.54, 1.807) is 6.08 Å². The molecule has 5 heteroatoms. The zero-order chi connectivity index (χ0) is 20.5. The molecule has 0 atom stereocenters. The van der Waals surface area contributed by atoms with Crippen LogP contribution in [0.5, 0.6) is 5.75 Å². The summed E-state index contributed by atoms with van der Waals surface area (Å²) in [6, 6.07) is 15.2. The van der Waals surface area contributed by atoms with E-state index >= 15 is 0 Å². The number of hydrogen-bond acceptors (Lipinski definition) is 3. The summed E-state index contributed by atoms with van der Waals surface area (Å²) >= 11 is 0. The number of rotatable bonds is 8. The average Bonchev–Trinajstić information content (AvgIpc) is 3.27. The molecule has 0 bridgehead atoms. The van der Waals surface area contributed by atoms with Crippen LogP contribution in [0.15, 0.2) is 54.6 Å². The Balaban J connectivity index is 1.48. The van der Waals surface area contributed by atoms with Crippen molar-refractivity contribution < 1.29 is 14.3 Å². The number of ether oxygens (including phenoxy) is 1. The second kappa shape index (κ2) is 10.5. The van der Waals surface area contributed by atoms with Crippen molar-refractivity contribution in [3.05, 3.63) is 65.7 Å². The minimum Gasteiger partial charge on any atom is -0.494 e. The molecule has 152 valence electrons. The molecule has 3 rings (SSSR count). The zero-order valence-corrected chi connectivity index (χ0v) is 16.8. The Morgan fingerprint density at radius 2 is 1.86 bits per heavy atom. The molecule has 0 aliphatic heterocycles. The van der Waals surface area contributed by atoms with Crippen LogP contribution in [0.3, 0.4) is 0 Å². The Morgan fingerprint density at radius 3 is 2.59 bits per heavy atom. The molecule has 0 saturated heterocycles. The van der Waals surface area contributed by atoms with Gasteiger partial charge in [0.05, 0.1) is 6.61 Å². The lowest BCUT2D eigenvalue weighted by atomic mass is 10.1. The van der Waals surface area contributed by atoms with E-state index in [9.17, 15) is 9.59 Å². The lowest BCUT2D eigenvalue weighted by Crippen LogP contribution is -2.21. The molecule has 1 fully saturated rings. The van der Waals surface area contributed by atoms with Gasteiger partial charge in [-0.2, -0.15) is 0 Å². The molecule has 2 aromatic rings. The van der Waals surface area contributed by atoms with Crippen LogP contribution in [0.4, 0.5) is 5.69 Å². The van der Waals surface area contributed by atoms with Crippen LogP contribution in [0.2, 0.25) is 0 Å². The van der Waals surface area contributed by atoms with Crippen molar-refractivity contribution in [2.45, 2.75) is 39.2 Å². The van der Waals surface area contributed by atoms with Gasteiger partial charge >= 0.3 is 0 Å². The van der Waals surface area contributed by atoms with Crippen LogP contribution in [0.1, 0.15) is 43.7 Å². The summed E-state index contributed by atoms with van der Waals surface area (Å²) in [5.41, 5.74) is 2.65. The first-order chi connectivity index (χ1) is 14.1. The number of nitrogens with one attached hydrogen (secondary N) is 2. The Kier molecular flexibility index (Phi) is 7.45. The van der Waals surface area contributed by atoms with Crippen molar-refractivity contribution in [3.8, 4) is 5.75 Å². The van der Waals surface area contributed by atoms with Gasteiger partial charge in [0.25, 0.3) is 0 Å². The fourth-order valence-electron chi connectivity index (χ4n) is 3.45. The van der Waals surface area contributed by atoms with Gasteiger partial charge in [0.2, 0.25) is 11.8 Å². The molecule has 2 amide bonds. The fourth-order valence-corrected chi connectivity index (χ4v) is 3.45. The average molecular weight is 392 g/mol. The second-order valence-corrected chi connectivity index (χ2v) is 7.22. The fraction of sp³-hybridized carbons (Fsp3) is 0.333. The summed E-state index contributed by atoms with van der Waals surface area (Å²) in [7, 11) is 0. The standard InChI is InChI=1S/C24H28N2O3/c1-2-29-22-13-10-18(11-14-22)12-15-23(27)25-17-19-6-5-9-21(16-19)26-24(28)20-7-3-4-8-20/h5-6,9-16,20H,2-4,7-8,17H2,1H3,(H,25,27)(H,26,28)/b15-12+. The molecule has 2 N–H and O–H groups in total. The third kappa shape index (κ3) is 6.49. The monoisotopic (exact) mass is 392 g/mol. The molecule has 1 aliphatic rings. The predicted octanol–water partition coefficient (Wildman–Crippen LogP) is 4.54. The highest BCUT2D eigenvalue weighted by molar-refractivity contribution is 5.93. The molecule has 29 heavy (non-hydrogen) atoms. The molecular formula is C24H28N2O3. The lowest BCUT2D eigenvalue weighted by Gasteiger charge is -2.11. The zero-order valence-electron chi connectivity index (χ0n) is 16.8. The van der Waals surface area contributed by atoms with Gasteiger partial charge in [-0.15, -0.1) is 0 Å². The molecule has 5 nitrogen and oxygen atoms in total. The number of hydrogen-bond donors (Lipinski definition) is 2. The molecular weight excluding hydrogens is 364 g/mol. The van der Waals surface area contributed by atoms with Gasteiger partial charge in [-0.3, -0.25) is 9.59 Å². The Labute approximate surface area is 172 Å². The molecule has 0 radical (unpaired) electrons. The van der Waals surface area contributed by atoms with Crippen molar-refractivity contribution in [1.82, 2.24) is 5.32 Å². The first-order valence-electron chi connectivity index (χ1n) is 10.2. The van der Waals surface area contributed by atoms with Crippen molar-refractivity contribution in [2.75, 3.05) is 11.9 Å². The second-order valence-electron chi connectivity index (χ2n) is 7.22. The minimum atomic E-state index is -0.167. The summed E-state index contributed by atoms with van der Waals surface area (Å²) in [5.74, 6) is 0.876. The van der Waals surface area contributed by atoms with Crippen LogP contribution >= 0.6 is 0 Å². The van der Waals surface area contributed by atoms with Gasteiger partial charge in [0.15, 0.2) is 0 Å². The van der Waals surface area contributed by atoms with Gasteiger partial charge in [-0.05, 0) is 61.2 Å². The maximum Gasteiger partial charge on any atom is 0.244 e. The number of carbonyl (C=O) groups excluding carboxylic acids is 2. The van der Waals surface area contributed by atoms with Crippen LogP contribution < -0.4 is 15.4 Å². The summed E-state index contributed by atoms with van der Waals surface area (Å²) < 4.78 is 5.41. The first kappa shape index (κ1) is 20.6. The van der Waals surface area contributed by atoms with Crippen LogP contribution in [0, 0.1) is 5.92 Å². The Hall–Kier alpha value is -3.08. The maximum atomic E-state index is 12.3. The normalized spacial score (nSPS) is 14.1. The summed E-state index contributed by atoms with van der Waals surface area (Å²) in [4.78, 5) is 24.4. The number of anilines is 1. The van der Waals surface area contributed by atoms with E-state index in [0.29, 0.717) is 13.2 Å². The van der Waals surface area contributed by atoms with E-state index in [1.807, 2.05) is 55.5 Å². The van der Waals surface area contributed by atoms with Crippen molar-refractivity contribution >= 4 is 23.6 Å². The maximum absolute atomic E-state index is 12.3. The molecule has 0 heterocycles. The Bertz CT molecular complexity index is 853. The molecule has 0 unspecified atom stereocenters. The largest absolute Gasteiger partial charge is 0.494 e. The first-order valence-corrected chi connectivity index (χ1v) is 10.2. The van der Waals surface area contributed by atoms with Gasteiger partial charge in [0, 0.05) is 24.2 Å². The molecule has 2 aromatic carbocycles.